The Balaban J connectivity index is 0.00000225. The van der Waals surface area contributed by atoms with E-state index >= 15 is 0 Å². The molecule has 2 heteroatoms. The molecule has 0 atom stereocenters. The molecule has 0 saturated carbocycles. The van der Waals surface area contributed by atoms with Gasteiger partial charge in [-0.05, 0) is 36.4 Å². The van der Waals surface area contributed by atoms with Crippen molar-refractivity contribution in [2.24, 2.45) is 0 Å². The maximum absolute atomic E-state index is 4.68. The zero-order valence-corrected chi connectivity index (χ0v) is 18.1. The van der Waals surface area contributed by atoms with Crippen LogP contribution in [-0.2, 0) is 0 Å². The van der Waals surface area contributed by atoms with Crippen LogP contribution < -0.4 is 32.9 Å². The van der Waals surface area contributed by atoms with Crippen LogP contribution in [0.15, 0.2) is 128 Å². The molecular weight excluding hydrogens is 423 g/mol. The van der Waals surface area contributed by atoms with Crippen LogP contribution in [0.3, 0.4) is 0 Å². The van der Waals surface area contributed by atoms with Crippen LogP contribution in [0.5, 0.6) is 0 Å². The fraction of sp³-hybridized carbons (Fsp3) is 0. The van der Waals surface area contributed by atoms with Crippen molar-refractivity contribution in [2.45, 2.75) is 0 Å². The molecule has 0 bridgehead atoms. The Morgan fingerprint density at radius 3 is 1.07 bits per heavy atom. The molecule has 28 heavy (non-hydrogen) atoms. The van der Waals surface area contributed by atoms with Gasteiger partial charge in [0.25, 0.3) is 0 Å². The van der Waals surface area contributed by atoms with Gasteiger partial charge in [0.15, 0.2) is 0 Å². The zero-order chi connectivity index (χ0) is 18.5. The molecule has 0 N–H and O–H groups in total. The first-order valence-electron chi connectivity index (χ1n) is 9.14. The molecule has 0 nitrogen and oxygen atoms in total. The van der Waals surface area contributed by atoms with Gasteiger partial charge in [-0.1, -0.05) is 91.5 Å². The van der Waals surface area contributed by atoms with Crippen LogP contribution in [0, 0.1) is 0 Å². The highest BCUT2D eigenvalue weighted by atomic mass is 79.9. The first kappa shape index (κ1) is 20.3. The van der Waals surface area contributed by atoms with Crippen molar-refractivity contribution in [3.63, 3.8) is 0 Å². The second-order valence-corrected chi connectivity index (χ2v) is 9.92. The highest BCUT2D eigenvalue weighted by Crippen LogP contribution is 2.65. The van der Waals surface area contributed by atoms with Crippen LogP contribution in [0.1, 0.15) is 5.56 Å². The lowest BCUT2D eigenvalue weighted by molar-refractivity contribution is -0.00000512. The summed E-state index contributed by atoms with van der Waals surface area (Å²) in [4.78, 5) is 0. The molecule has 0 amide bonds. The summed E-state index contributed by atoms with van der Waals surface area (Å²) in [6.07, 6.45) is 0. The molecule has 0 spiro atoms. The third kappa shape index (κ3) is 3.61. The topological polar surface area (TPSA) is 0 Å². The summed E-state index contributed by atoms with van der Waals surface area (Å²) < 4.78 is 0. The average Bonchev–Trinajstić information content (AvgIpc) is 2.77. The molecule has 0 aliphatic heterocycles. The molecule has 0 fully saturated rings. The van der Waals surface area contributed by atoms with E-state index < -0.39 is 7.26 Å². The van der Waals surface area contributed by atoms with Crippen LogP contribution in [0.2, 0.25) is 0 Å². The molecule has 0 saturated heterocycles. The Bertz CT molecular complexity index is 916. The van der Waals surface area contributed by atoms with E-state index in [0.717, 1.165) is 0 Å². The van der Waals surface area contributed by atoms with Crippen LogP contribution in [0.4, 0.5) is 0 Å². The molecule has 0 unspecified atom stereocenters. The van der Waals surface area contributed by atoms with Crippen molar-refractivity contribution >= 4 is 28.5 Å². The number of halogens is 1. The monoisotopic (exact) mass is 444 g/mol. The molecule has 4 aromatic rings. The highest BCUT2D eigenvalue weighted by Gasteiger charge is 2.48. The van der Waals surface area contributed by atoms with Crippen LogP contribution in [-0.4, -0.2) is 0 Å². The number of hydrogen-bond donors (Lipinski definition) is 0. The first-order valence-corrected chi connectivity index (χ1v) is 10.9. The van der Waals surface area contributed by atoms with Crippen molar-refractivity contribution in [3.05, 3.63) is 133 Å². The third-order valence-corrected chi connectivity index (χ3v) is 9.23. The fourth-order valence-electron chi connectivity index (χ4n) is 3.69. The van der Waals surface area contributed by atoms with Gasteiger partial charge in [0.1, 0.15) is 28.5 Å². The normalized spacial score (nSPS) is 10.7. The Hall–Kier alpha value is -2.47. The van der Waals surface area contributed by atoms with Gasteiger partial charge >= 0.3 is 0 Å². The van der Waals surface area contributed by atoms with Gasteiger partial charge in [-0.15, -0.1) is 0 Å². The van der Waals surface area contributed by atoms with E-state index in [1.54, 1.807) is 0 Å². The fourth-order valence-corrected chi connectivity index (χ4v) is 7.92. The summed E-state index contributed by atoms with van der Waals surface area (Å²) in [5, 5.41) is 5.18. The molecule has 0 heterocycles. The van der Waals surface area contributed by atoms with Crippen molar-refractivity contribution in [3.8, 4) is 0 Å². The van der Waals surface area contributed by atoms with E-state index in [1.165, 1.54) is 26.8 Å². The molecule has 0 aliphatic rings. The molecule has 0 aliphatic carbocycles. The van der Waals surface area contributed by atoms with Gasteiger partial charge in [0, 0.05) is 5.56 Å². The average molecular weight is 445 g/mol. The van der Waals surface area contributed by atoms with Gasteiger partial charge in [0.05, 0.1) is 0 Å². The molecular formula is C26H22BrP. The smallest absolute Gasteiger partial charge is 0.144 e. The lowest BCUT2D eigenvalue weighted by Gasteiger charge is -2.29. The largest absolute Gasteiger partial charge is 1.00 e. The van der Waals surface area contributed by atoms with E-state index in [4.69, 9.17) is 0 Å². The SMILES string of the molecule is C=C(c1ccccc1)[P+](c1ccccc1)(c1ccccc1)c1ccccc1.[Br-]. The minimum atomic E-state index is -2.06. The summed E-state index contributed by atoms with van der Waals surface area (Å²) in [5.74, 6) is 0. The summed E-state index contributed by atoms with van der Waals surface area (Å²) in [5.41, 5.74) is 1.20. The maximum Gasteiger partial charge on any atom is 0.144 e. The summed E-state index contributed by atoms with van der Waals surface area (Å²) in [7, 11) is -2.06. The van der Waals surface area contributed by atoms with Gasteiger partial charge < -0.3 is 17.0 Å². The third-order valence-electron chi connectivity index (χ3n) is 4.94. The van der Waals surface area contributed by atoms with Gasteiger partial charge in [0.2, 0.25) is 0 Å². The van der Waals surface area contributed by atoms with Gasteiger partial charge in [-0.3, -0.25) is 0 Å². The Labute approximate surface area is 178 Å². The number of hydrogen-bond acceptors (Lipinski definition) is 0. The quantitative estimate of drug-likeness (QED) is 0.415. The van der Waals surface area contributed by atoms with Crippen molar-refractivity contribution in [1.29, 1.82) is 0 Å². The molecule has 4 rings (SSSR count). The second kappa shape index (κ2) is 9.15. The molecule has 0 aromatic heterocycles. The Morgan fingerprint density at radius 1 is 0.464 bits per heavy atom. The van der Waals surface area contributed by atoms with E-state index in [-0.39, 0.29) is 17.0 Å². The van der Waals surface area contributed by atoms with E-state index in [2.05, 4.69) is 128 Å². The lowest BCUT2D eigenvalue weighted by atomic mass is 10.2. The zero-order valence-electron chi connectivity index (χ0n) is 15.6. The number of rotatable bonds is 5. The summed E-state index contributed by atoms with van der Waals surface area (Å²) in [6, 6.07) is 43.2. The van der Waals surface area contributed by atoms with E-state index in [1.807, 2.05) is 0 Å². The van der Waals surface area contributed by atoms with Crippen LogP contribution in [0.25, 0.3) is 5.31 Å². The van der Waals surface area contributed by atoms with Crippen LogP contribution >= 0.6 is 7.26 Å². The van der Waals surface area contributed by atoms with Crippen molar-refractivity contribution in [2.75, 3.05) is 0 Å². The highest BCUT2D eigenvalue weighted by molar-refractivity contribution is 8.03. The molecule has 138 valence electrons. The summed E-state index contributed by atoms with van der Waals surface area (Å²) in [6.45, 7) is 4.68. The summed E-state index contributed by atoms with van der Waals surface area (Å²) >= 11 is 0. The predicted molar refractivity (Wildman–Crippen MR) is 121 cm³/mol. The number of benzene rings is 4. The molecule has 0 radical (unpaired) electrons. The standard InChI is InChI=1S/C26H22P.BrH/c1-22(23-14-6-2-7-15-23)27(24-16-8-3-9-17-24,25-18-10-4-11-19-25)26-20-12-5-13-21-26;/h2-21H,1H2;1H/q+1;/p-1. The van der Waals surface area contributed by atoms with E-state index in [0.29, 0.717) is 0 Å². The van der Waals surface area contributed by atoms with Gasteiger partial charge in [-0.25, -0.2) is 0 Å². The van der Waals surface area contributed by atoms with Gasteiger partial charge in [-0.2, -0.15) is 0 Å². The Morgan fingerprint density at radius 2 is 0.750 bits per heavy atom. The predicted octanol–water partition coefficient (Wildman–Crippen LogP) is 2.66. The first-order chi connectivity index (χ1) is 13.3. The van der Waals surface area contributed by atoms with Crippen molar-refractivity contribution < 1.29 is 17.0 Å². The lowest BCUT2D eigenvalue weighted by Crippen LogP contribution is -3.00. The molecule has 4 aromatic carbocycles. The maximum atomic E-state index is 4.68. The minimum Gasteiger partial charge on any atom is -1.00 e. The van der Waals surface area contributed by atoms with E-state index in [9.17, 15) is 0 Å². The minimum absolute atomic E-state index is 0. The second-order valence-electron chi connectivity index (χ2n) is 6.49. The van der Waals surface area contributed by atoms with Crippen molar-refractivity contribution in [1.82, 2.24) is 0 Å². The Kier molecular flexibility index (Phi) is 6.62.